The molecule has 1 heterocycles. The lowest BCUT2D eigenvalue weighted by atomic mass is 10.1. The minimum absolute atomic E-state index is 0. The lowest BCUT2D eigenvalue weighted by Crippen LogP contribution is -3.00. The molecule has 0 amide bonds. The maximum Gasteiger partial charge on any atom is 0.122 e. The van der Waals surface area contributed by atoms with Gasteiger partial charge in [-0.3, -0.25) is 0 Å². The van der Waals surface area contributed by atoms with Crippen LogP contribution in [0.25, 0.3) is 0 Å². The third-order valence-electron chi connectivity index (χ3n) is 6.05. The standard InChI is InChI=1S/C24H42NO2.BrH/c1-3-5-6-7-12-20-26-23-15-14-16-24(22-23)27-21-13-11-19-25(4-2)17-9-8-10-18-25;/h14-16,22H,3-13,17-21H2,1-2H3;1H/q+1;/p-1. The summed E-state index contributed by atoms with van der Waals surface area (Å²) in [4.78, 5) is 0. The molecule has 0 aromatic heterocycles. The molecule has 0 spiro atoms. The molecule has 0 aliphatic carbocycles. The molecule has 28 heavy (non-hydrogen) atoms. The third kappa shape index (κ3) is 9.65. The van der Waals surface area contributed by atoms with Gasteiger partial charge in [-0.25, -0.2) is 0 Å². The molecule has 0 saturated carbocycles. The fraction of sp³-hybridized carbons (Fsp3) is 0.750. The maximum atomic E-state index is 5.98. The van der Waals surface area contributed by atoms with Gasteiger partial charge in [-0.1, -0.05) is 38.7 Å². The quantitative estimate of drug-likeness (QED) is 0.316. The van der Waals surface area contributed by atoms with Crippen molar-refractivity contribution in [2.45, 2.75) is 78.1 Å². The third-order valence-corrected chi connectivity index (χ3v) is 6.05. The van der Waals surface area contributed by atoms with Gasteiger partial charge in [-0.15, -0.1) is 0 Å². The minimum Gasteiger partial charge on any atom is -1.00 e. The first-order chi connectivity index (χ1) is 13.3. The Morgan fingerprint density at radius 2 is 1.39 bits per heavy atom. The molecule has 2 rings (SSSR count). The Balaban J connectivity index is 0.00000392. The van der Waals surface area contributed by atoms with Crippen LogP contribution in [-0.4, -0.2) is 43.9 Å². The van der Waals surface area contributed by atoms with Gasteiger partial charge in [0.15, 0.2) is 0 Å². The Kier molecular flexibility index (Phi) is 13.7. The number of halogens is 1. The van der Waals surface area contributed by atoms with E-state index in [-0.39, 0.29) is 17.0 Å². The van der Waals surface area contributed by atoms with Crippen LogP contribution in [0.1, 0.15) is 78.1 Å². The Morgan fingerprint density at radius 1 is 0.786 bits per heavy atom. The van der Waals surface area contributed by atoms with Gasteiger partial charge in [0.25, 0.3) is 0 Å². The highest BCUT2D eigenvalue weighted by atomic mass is 79.9. The number of hydrogen-bond donors (Lipinski definition) is 0. The first kappa shape index (κ1) is 25.3. The van der Waals surface area contributed by atoms with Crippen molar-refractivity contribution in [3.63, 3.8) is 0 Å². The highest BCUT2D eigenvalue weighted by Crippen LogP contribution is 2.21. The number of nitrogens with zero attached hydrogens (tertiary/aromatic N) is 1. The summed E-state index contributed by atoms with van der Waals surface area (Å²) in [6.45, 7) is 11.6. The molecule has 4 heteroatoms. The number of quaternary nitrogens is 1. The molecule has 0 radical (unpaired) electrons. The molecule has 1 saturated heterocycles. The van der Waals surface area contributed by atoms with Crippen molar-refractivity contribution in [2.24, 2.45) is 0 Å². The van der Waals surface area contributed by atoms with Crippen molar-refractivity contribution in [1.82, 2.24) is 0 Å². The monoisotopic (exact) mass is 455 g/mol. The summed E-state index contributed by atoms with van der Waals surface area (Å²) in [6, 6.07) is 8.15. The van der Waals surface area contributed by atoms with Gasteiger partial charge in [-0.2, -0.15) is 0 Å². The normalized spacial score (nSPS) is 15.6. The summed E-state index contributed by atoms with van der Waals surface area (Å²) in [6.07, 6.45) is 13.0. The predicted molar refractivity (Wildman–Crippen MR) is 115 cm³/mol. The summed E-state index contributed by atoms with van der Waals surface area (Å²) in [5.41, 5.74) is 0. The Hall–Kier alpha value is -0.740. The van der Waals surface area contributed by atoms with Gasteiger partial charge in [0, 0.05) is 6.07 Å². The SMILES string of the molecule is CCCCCCCOc1cccc(OCCCC[N+]2(CC)CCCCC2)c1.[Br-]. The minimum atomic E-state index is 0. The number of benzene rings is 1. The number of hydrogen-bond acceptors (Lipinski definition) is 2. The first-order valence-electron chi connectivity index (χ1n) is 11.5. The summed E-state index contributed by atoms with van der Waals surface area (Å²) in [5, 5.41) is 0. The van der Waals surface area contributed by atoms with Crippen molar-refractivity contribution in [1.29, 1.82) is 0 Å². The van der Waals surface area contributed by atoms with E-state index < -0.39 is 0 Å². The van der Waals surface area contributed by atoms with Crippen molar-refractivity contribution in [2.75, 3.05) is 39.4 Å². The van der Waals surface area contributed by atoms with Crippen LogP contribution >= 0.6 is 0 Å². The topological polar surface area (TPSA) is 18.5 Å². The van der Waals surface area contributed by atoms with Crippen LogP contribution in [0.3, 0.4) is 0 Å². The van der Waals surface area contributed by atoms with Crippen molar-refractivity contribution in [3.8, 4) is 11.5 Å². The molecular weight excluding hydrogens is 414 g/mol. The average Bonchev–Trinajstić information content (AvgIpc) is 2.71. The fourth-order valence-corrected chi connectivity index (χ4v) is 4.17. The average molecular weight is 457 g/mol. The largest absolute Gasteiger partial charge is 1.00 e. The summed E-state index contributed by atoms with van der Waals surface area (Å²) in [5.74, 6) is 1.88. The van der Waals surface area contributed by atoms with E-state index in [1.165, 1.54) is 82.0 Å². The van der Waals surface area contributed by atoms with Crippen molar-refractivity contribution >= 4 is 0 Å². The van der Waals surface area contributed by atoms with E-state index in [1.54, 1.807) is 0 Å². The Labute approximate surface area is 184 Å². The first-order valence-corrected chi connectivity index (χ1v) is 11.5. The van der Waals surface area contributed by atoms with E-state index >= 15 is 0 Å². The highest BCUT2D eigenvalue weighted by Gasteiger charge is 2.26. The highest BCUT2D eigenvalue weighted by molar-refractivity contribution is 5.32. The van der Waals surface area contributed by atoms with Gasteiger partial charge in [0.05, 0.1) is 39.4 Å². The number of likely N-dealkylation sites (tertiary alicyclic amines) is 1. The molecule has 1 aromatic rings. The van der Waals surface area contributed by atoms with Crippen LogP contribution in [0, 0.1) is 0 Å². The maximum absolute atomic E-state index is 5.98. The second kappa shape index (κ2) is 15.1. The molecule has 1 aromatic carbocycles. The van der Waals surface area contributed by atoms with Gasteiger partial charge in [0.2, 0.25) is 0 Å². The van der Waals surface area contributed by atoms with Gasteiger partial charge in [0.1, 0.15) is 11.5 Å². The van der Waals surface area contributed by atoms with E-state index in [2.05, 4.69) is 13.8 Å². The van der Waals surface area contributed by atoms with Crippen molar-refractivity contribution in [3.05, 3.63) is 24.3 Å². The van der Waals surface area contributed by atoms with E-state index in [1.807, 2.05) is 24.3 Å². The molecule has 162 valence electrons. The number of piperidine rings is 1. The molecule has 0 N–H and O–H groups in total. The van der Waals surface area contributed by atoms with Gasteiger partial charge < -0.3 is 30.9 Å². The predicted octanol–water partition coefficient (Wildman–Crippen LogP) is 3.22. The lowest BCUT2D eigenvalue weighted by molar-refractivity contribution is -0.931. The van der Waals surface area contributed by atoms with Crippen molar-refractivity contribution < 1.29 is 30.9 Å². The molecule has 1 aliphatic heterocycles. The molecular formula is C24H42BrNO2. The van der Waals surface area contributed by atoms with Crippen LogP contribution in [0.15, 0.2) is 24.3 Å². The zero-order valence-electron chi connectivity index (χ0n) is 18.3. The molecule has 0 unspecified atom stereocenters. The molecule has 3 nitrogen and oxygen atoms in total. The van der Waals surface area contributed by atoms with E-state index in [0.717, 1.165) is 37.6 Å². The lowest BCUT2D eigenvalue weighted by Gasteiger charge is -2.41. The zero-order chi connectivity index (χ0) is 19.2. The summed E-state index contributed by atoms with van der Waals surface area (Å²) >= 11 is 0. The van der Waals surface area contributed by atoms with Crippen LogP contribution < -0.4 is 26.5 Å². The van der Waals surface area contributed by atoms with Crippen LogP contribution in [0.4, 0.5) is 0 Å². The molecule has 1 fully saturated rings. The Morgan fingerprint density at radius 3 is 2.00 bits per heavy atom. The zero-order valence-corrected chi connectivity index (χ0v) is 19.9. The van der Waals surface area contributed by atoms with Crippen LogP contribution in [0.2, 0.25) is 0 Å². The molecule has 1 aliphatic rings. The van der Waals surface area contributed by atoms with Crippen LogP contribution in [-0.2, 0) is 0 Å². The van der Waals surface area contributed by atoms with E-state index in [0.29, 0.717) is 0 Å². The molecule has 0 bridgehead atoms. The Bertz CT molecular complexity index is 503. The van der Waals surface area contributed by atoms with Gasteiger partial charge >= 0.3 is 0 Å². The van der Waals surface area contributed by atoms with E-state index in [4.69, 9.17) is 9.47 Å². The molecule has 0 atom stereocenters. The second-order valence-corrected chi connectivity index (χ2v) is 8.18. The smallest absolute Gasteiger partial charge is 0.122 e. The van der Waals surface area contributed by atoms with Crippen LogP contribution in [0.5, 0.6) is 11.5 Å². The number of rotatable bonds is 14. The summed E-state index contributed by atoms with van der Waals surface area (Å²) in [7, 11) is 0. The number of unbranched alkanes of at least 4 members (excludes halogenated alkanes) is 5. The number of ether oxygens (including phenoxy) is 2. The summed E-state index contributed by atoms with van der Waals surface area (Å²) < 4.78 is 13.2. The fourth-order valence-electron chi connectivity index (χ4n) is 4.17. The van der Waals surface area contributed by atoms with E-state index in [9.17, 15) is 0 Å². The van der Waals surface area contributed by atoms with Gasteiger partial charge in [-0.05, 0) is 57.6 Å². The second-order valence-electron chi connectivity index (χ2n) is 8.18.